The van der Waals surface area contributed by atoms with Crippen molar-refractivity contribution in [2.45, 2.75) is 26.3 Å². The summed E-state index contributed by atoms with van der Waals surface area (Å²) in [5.41, 5.74) is 6.63. The number of benzene rings is 1. The first kappa shape index (κ1) is 12.2. The van der Waals surface area contributed by atoms with Gasteiger partial charge < -0.3 is 4.74 Å². The van der Waals surface area contributed by atoms with Crippen LogP contribution in [0, 0.1) is 13.8 Å². The van der Waals surface area contributed by atoms with Crippen molar-refractivity contribution in [3.8, 4) is 0 Å². The molecule has 0 bridgehead atoms. The normalized spacial score (nSPS) is 12.8. The molecule has 15 heavy (non-hydrogen) atoms. The Morgan fingerprint density at radius 2 is 2.13 bits per heavy atom. The second kappa shape index (κ2) is 5.85. The molecule has 0 radical (unpaired) electrons. The quantitative estimate of drug-likeness (QED) is 0.573. The molecule has 0 fully saturated rings. The van der Waals surface area contributed by atoms with E-state index < -0.39 is 0 Å². The molecule has 3 N–H and O–H groups in total. The Bertz CT molecular complexity index is 312. The van der Waals surface area contributed by atoms with E-state index in [9.17, 15) is 0 Å². The van der Waals surface area contributed by atoms with Crippen molar-refractivity contribution in [1.29, 1.82) is 0 Å². The number of nitrogens with two attached hydrogens (primary N) is 1. The van der Waals surface area contributed by atoms with Gasteiger partial charge in [-0.25, -0.2) is 0 Å². The summed E-state index contributed by atoms with van der Waals surface area (Å²) >= 11 is 0. The summed E-state index contributed by atoms with van der Waals surface area (Å²) in [4.78, 5) is 0. The van der Waals surface area contributed by atoms with Gasteiger partial charge in [0.05, 0.1) is 0 Å². The number of nitrogens with one attached hydrogen (secondary N) is 1. The average molecular weight is 208 g/mol. The van der Waals surface area contributed by atoms with E-state index >= 15 is 0 Å². The maximum atomic E-state index is 5.55. The minimum absolute atomic E-state index is 0.172. The molecule has 1 atom stereocenters. The summed E-state index contributed by atoms with van der Waals surface area (Å²) < 4.78 is 5.06. The summed E-state index contributed by atoms with van der Waals surface area (Å²) in [5, 5.41) is 0. The van der Waals surface area contributed by atoms with Gasteiger partial charge in [0.25, 0.3) is 0 Å². The van der Waals surface area contributed by atoms with Crippen LogP contribution in [0.4, 0.5) is 0 Å². The molecule has 0 aliphatic heterocycles. The van der Waals surface area contributed by atoms with Crippen LogP contribution in [0.1, 0.15) is 29.2 Å². The van der Waals surface area contributed by atoms with Crippen LogP contribution in [0.3, 0.4) is 0 Å². The molecule has 0 saturated carbocycles. The van der Waals surface area contributed by atoms with Crippen molar-refractivity contribution < 1.29 is 4.74 Å². The lowest BCUT2D eigenvalue weighted by Gasteiger charge is -2.18. The third-order valence-electron chi connectivity index (χ3n) is 2.61. The Kier molecular flexibility index (Phi) is 4.75. The first-order chi connectivity index (χ1) is 7.19. The van der Waals surface area contributed by atoms with Gasteiger partial charge >= 0.3 is 0 Å². The van der Waals surface area contributed by atoms with Gasteiger partial charge in [-0.2, -0.15) is 0 Å². The first-order valence-corrected chi connectivity index (χ1v) is 5.21. The number of aryl methyl sites for hydroxylation is 2. The molecular weight excluding hydrogens is 188 g/mol. The van der Waals surface area contributed by atoms with E-state index in [1.165, 1.54) is 16.7 Å². The predicted molar refractivity (Wildman–Crippen MR) is 62.5 cm³/mol. The zero-order valence-corrected chi connectivity index (χ0v) is 9.71. The SMILES string of the molecule is COCCC(NN)c1ccc(C)cc1C. The van der Waals surface area contributed by atoms with Gasteiger partial charge in [0.1, 0.15) is 0 Å². The van der Waals surface area contributed by atoms with Crippen LogP contribution in [0.15, 0.2) is 18.2 Å². The molecule has 0 heterocycles. The maximum absolute atomic E-state index is 5.55. The fourth-order valence-electron chi connectivity index (χ4n) is 1.78. The highest BCUT2D eigenvalue weighted by molar-refractivity contribution is 5.32. The Hall–Kier alpha value is -0.900. The van der Waals surface area contributed by atoms with Gasteiger partial charge in [-0.3, -0.25) is 11.3 Å². The van der Waals surface area contributed by atoms with Gasteiger partial charge in [-0.15, -0.1) is 0 Å². The Morgan fingerprint density at radius 1 is 1.40 bits per heavy atom. The van der Waals surface area contributed by atoms with E-state index in [4.69, 9.17) is 10.6 Å². The number of methoxy groups -OCH3 is 1. The standard InChI is InChI=1S/C12H20N2O/c1-9-4-5-11(10(2)8-9)12(14-13)6-7-15-3/h4-5,8,12,14H,6-7,13H2,1-3H3. The summed E-state index contributed by atoms with van der Waals surface area (Å²) in [5.74, 6) is 5.55. The summed E-state index contributed by atoms with van der Waals surface area (Å²) in [6.07, 6.45) is 0.886. The third-order valence-corrected chi connectivity index (χ3v) is 2.61. The monoisotopic (exact) mass is 208 g/mol. The van der Waals surface area contributed by atoms with Gasteiger partial charge in [0.2, 0.25) is 0 Å². The highest BCUT2D eigenvalue weighted by atomic mass is 16.5. The molecule has 0 aliphatic rings. The average Bonchev–Trinajstić information content (AvgIpc) is 2.21. The van der Waals surface area contributed by atoms with E-state index in [0.29, 0.717) is 6.61 Å². The highest BCUT2D eigenvalue weighted by Crippen LogP contribution is 2.20. The van der Waals surface area contributed by atoms with Gasteiger partial charge in [-0.1, -0.05) is 23.8 Å². The number of rotatable bonds is 5. The van der Waals surface area contributed by atoms with Crippen LogP contribution in [0.5, 0.6) is 0 Å². The predicted octanol–water partition coefficient (Wildman–Crippen LogP) is 1.84. The third kappa shape index (κ3) is 3.30. The number of hydrazine groups is 1. The lowest BCUT2D eigenvalue weighted by atomic mass is 9.98. The summed E-state index contributed by atoms with van der Waals surface area (Å²) in [6.45, 7) is 4.92. The molecule has 0 aromatic heterocycles. The second-order valence-corrected chi connectivity index (χ2v) is 3.86. The summed E-state index contributed by atoms with van der Waals surface area (Å²) in [7, 11) is 1.70. The van der Waals surface area contributed by atoms with Crippen molar-refractivity contribution >= 4 is 0 Å². The van der Waals surface area contributed by atoms with E-state index in [2.05, 4.69) is 37.5 Å². The molecule has 1 rings (SSSR count). The minimum Gasteiger partial charge on any atom is -0.385 e. The molecule has 0 saturated heterocycles. The van der Waals surface area contributed by atoms with Crippen LogP contribution in [0.2, 0.25) is 0 Å². The van der Waals surface area contributed by atoms with Crippen molar-refractivity contribution in [2.24, 2.45) is 5.84 Å². The minimum atomic E-state index is 0.172. The molecule has 0 aliphatic carbocycles. The van der Waals surface area contributed by atoms with Gasteiger partial charge in [-0.05, 0) is 31.4 Å². The molecule has 1 aromatic rings. The molecule has 3 nitrogen and oxygen atoms in total. The van der Waals surface area contributed by atoms with Crippen molar-refractivity contribution in [3.05, 3.63) is 34.9 Å². The van der Waals surface area contributed by atoms with Crippen LogP contribution in [0.25, 0.3) is 0 Å². The molecule has 3 heteroatoms. The zero-order chi connectivity index (χ0) is 11.3. The zero-order valence-electron chi connectivity index (χ0n) is 9.71. The van der Waals surface area contributed by atoms with Gasteiger partial charge in [0, 0.05) is 19.8 Å². The fourth-order valence-corrected chi connectivity index (χ4v) is 1.78. The molecular formula is C12H20N2O. The molecule has 1 aromatic carbocycles. The fraction of sp³-hybridized carbons (Fsp3) is 0.500. The molecule has 1 unspecified atom stereocenters. The molecule has 0 spiro atoms. The summed E-state index contributed by atoms with van der Waals surface area (Å²) in [6, 6.07) is 6.59. The maximum Gasteiger partial charge on any atom is 0.0484 e. The number of hydrogen-bond donors (Lipinski definition) is 2. The first-order valence-electron chi connectivity index (χ1n) is 5.21. The lowest BCUT2D eigenvalue weighted by molar-refractivity contribution is 0.183. The van der Waals surface area contributed by atoms with E-state index in [1.54, 1.807) is 7.11 Å². The van der Waals surface area contributed by atoms with Crippen LogP contribution in [-0.4, -0.2) is 13.7 Å². The van der Waals surface area contributed by atoms with Crippen LogP contribution < -0.4 is 11.3 Å². The second-order valence-electron chi connectivity index (χ2n) is 3.86. The van der Waals surface area contributed by atoms with E-state index in [0.717, 1.165) is 6.42 Å². The van der Waals surface area contributed by atoms with E-state index in [-0.39, 0.29) is 6.04 Å². The Balaban J connectivity index is 2.81. The van der Waals surface area contributed by atoms with E-state index in [1.807, 2.05) is 0 Å². The molecule has 0 amide bonds. The Morgan fingerprint density at radius 3 is 2.67 bits per heavy atom. The van der Waals surface area contributed by atoms with Crippen molar-refractivity contribution in [2.75, 3.05) is 13.7 Å². The lowest BCUT2D eigenvalue weighted by Crippen LogP contribution is -2.29. The number of ether oxygens (including phenoxy) is 1. The number of hydrogen-bond acceptors (Lipinski definition) is 3. The van der Waals surface area contributed by atoms with Crippen molar-refractivity contribution in [1.82, 2.24) is 5.43 Å². The van der Waals surface area contributed by atoms with Crippen LogP contribution in [-0.2, 0) is 4.74 Å². The van der Waals surface area contributed by atoms with Crippen molar-refractivity contribution in [3.63, 3.8) is 0 Å². The van der Waals surface area contributed by atoms with Gasteiger partial charge in [0.15, 0.2) is 0 Å². The van der Waals surface area contributed by atoms with Crippen LogP contribution >= 0.6 is 0 Å². The highest BCUT2D eigenvalue weighted by Gasteiger charge is 2.11. The largest absolute Gasteiger partial charge is 0.385 e. The topological polar surface area (TPSA) is 47.3 Å². The Labute approximate surface area is 91.6 Å². The smallest absolute Gasteiger partial charge is 0.0484 e. The molecule has 84 valence electrons.